The minimum absolute atomic E-state index is 0.0537. The predicted molar refractivity (Wildman–Crippen MR) is 103 cm³/mol. The second kappa shape index (κ2) is 8.20. The molecule has 8 heteroatoms. The van der Waals surface area contributed by atoms with E-state index in [0.29, 0.717) is 17.8 Å². The van der Waals surface area contributed by atoms with Gasteiger partial charge in [0.2, 0.25) is 0 Å². The van der Waals surface area contributed by atoms with Crippen molar-refractivity contribution in [2.75, 3.05) is 17.9 Å². The number of nitrogens with one attached hydrogen (secondary N) is 2. The fourth-order valence-electron chi connectivity index (χ4n) is 2.67. The highest BCUT2D eigenvalue weighted by atomic mass is 79.9. The zero-order valence-electron chi connectivity index (χ0n) is 13.9. The van der Waals surface area contributed by atoms with Gasteiger partial charge < -0.3 is 10.1 Å². The molecule has 3 rings (SSSR count). The SMILES string of the molecule is O=C(NC[C@H]1CCCO1)c1cccc(NS(=O)(=O)c2ccc(Br)cc2)c1. The molecule has 0 aromatic heterocycles. The van der Waals surface area contributed by atoms with Crippen LogP contribution in [0.5, 0.6) is 0 Å². The molecule has 2 aromatic carbocycles. The first-order chi connectivity index (χ1) is 12.4. The highest BCUT2D eigenvalue weighted by molar-refractivity contribution is 9.10. The minimum atomic E-state index is -3.72. The number of carbonyl (C=O) groups is 1. The van der Waals surface area contributed by atoms with Gasteiger partial charge in [0.1, 0.15) is 0 Å². The van der Waals surface area contributed by atoms with Crippen LogP contribution in [0.4, 0.5) is 5.69 Å². The maximum absolute atomic E-state index is 12.5. The summed E-state index contributed by atoms with van der Waals surface area (Å²) >= 11 is 3.27. The van der Waals surface area contributed by atoms with E-state index in [1.54, 1.807) is 30.3 Å². The van der Waals surface area contributed by atoms with Crippen molar-refractivity contribution in [1.82, 2.24) is 5.32 Å². The van der Waals surface area contributed by atoms with Crippen LogP contribution in [0.1, 0.15) is 23.2 Å². The maximum Gasteiger partial charge on any atom is 0.261 e. The number of hydrogen-bond donors (Lipinski definition) is 2. The summed E-state index contributed by atoms with van der Waals surface area (Å²) < 4.78 is 33.7. The van der Waals surface area contributed by atoms with Crippen LogP contribution >= 0.6 is 15.9 Å². The molecule has 1 saturated heterocycles. The third kappa shape index (κ3) is 4.84. The number of rotatable bonds is 6. The molecule has 26 heavy (non-hydrogen) atoms. The summed E-state index contributed by atoms with van der Waals surface area (Å²) in [5.41, 5.74) is 0.719. The zero-order chi connectivity index (χ0) is 18.6. The fraction of sp³-hybridized carbons (Fsp3) is 0.278. The Bertz CT molecular complexity index is 878. The van der Waals surface area contributed by atoms with Crippen LogP contribution < -0.4 is 10.0 Å². The largest absolute Gasteiger partial charge is 0.376 e. The van der Waals surface area contributed by atoms with E-state index < -0.39 is 10.0 Å². The van der Waals surface area contributed by atoms with Crippen molar-refractivity contribution in [1.29, 1.82) is 0 Å². The van der Waals surface area contributed by atoms with Crippen molar-refractivity contribution in [2.45, 2.75) is 23.8 Å². The van der Waals surface area contributed by atoms with Crippen LogP contribution in [0.3, 0.4) is 0 Å². The number of anilines is 1. The molecule has 0 radical (unpaired) electrons. The maximum atomic E-state index is 12.5. The first kappa shape index (κ1) is 18.9. The molecule has 0 unspecified atom stereocenters. The molecule has 2 N–H and O–H groups in total. The summed E-state index contributed by atoms with van der Waals surface area (Å²) in [5.74, 6) is -0.259. The monoisotopic (exact) mass is 438 g/mol. The van der Waals surface area contributed by atoms with Gasteiger partial charge in [-0.25, -0.2) is 8.42 Å². The van der Waals surface area contributed by atoms with E-state index in [0.717, 1.165) is 23.9 Å². The second-order valence-electron chi connectivity index (χ2n) is 5.99. The van der Waals surface area contributed by atoms with Crippen LogP contribution in [-0.2, 0) is 14.8 Å². The summed E-state index contributed by atoms with van der Waals surface area (Å²) in [4.78, 5) is 12.4. The standard InChI is InChI=1S/C18H19BrN2O4S/c19-14-6-8-17(9-7-14)26(23,24)21-15-4-1-3-13(11-15)18(22)20-12-16-5-2-10-25-16/h1,3-4,6-9,11,16,21H,2,5,10,12H2,(H,20,22)/t16-/m1/s1. The molecular weight excluding hydrogens is 420 g/mol. The Morgan fingerprint density at radius 1 is 1.19 bits per heavy atom. The lowest BCUT2D eigenvalue weighted by molar-refractivity contribution is 0.0858. The van der Waals surface area contributed by atoms with Crippen molar-refractivity contribution in [2.24, 2.45) is 0 Å². The van der Waals surface area contributed by atoms with Crippen LogP contribution in [0.15, 0.2) is 57.9 Å². The summed E-state index contributed by atoms with van der Waals surface area (Å²) in [6, 6.07) is 12.7. The topological polar surface area (TPSA) is 84.5 Å². The third-order valence-corrected chi connectivity index (χ3v) is 5.94. The van der Waals surface area contributed by atoms with Gasteiger partial charge in [-0.2, -0.15) is 0 Å². The van der Waals surface area contributed by atoms with Crippen molar-refractivity contribution in [3.63, 3.8) is 0 Å². The molecule has 1 heterocycles. The van der Waals surface area contributed by atoms with E-state index in [1.165, 1.54) is 18.2 Å². The minimum Gasteiger partial charge on any atom is -0.376 e. The number of benzene rings is 2. The molecule has 0 saturated carbocycles. The number of sulfonamides is 1. The van der Waals surface area contributed by atoms with E-state index in [-0.39, 0.29) is 16.9 Å². The highest BCUT2D eigenvalue weighted by Crippen LogP contribution is 2.19. The van der Waals surface area contributed by atoms with Crippen LogP contribution in [0.2, 0.25) is 0 Å². The van der Waals surface area contributed by atoms with Gasteiger partial charge in [-0.1, -0.05) is 22.0 Å². The van der Waals surface area contributed by atoms with Gasteiger partial charge in [-0.15, -0.1) is 0 Å². The second-order valence-corrected chi connectivity index (χ2v) is 8.58. The molecule has 6 nitrogen and oxygen atoms in total. The van der Waals surface area contributed by atoms with Gasteiger partial charge in [-0.05, 0) is 55.3 Å². The predicted octanol–water partition coefficient (Wildman–Crippen LogP) is 3.16. The average molecular weight is 439 g/mol. The zero-order valence-corrected chi connectivity index (χ0v) is 16.3. The smallest absolute Gasteiger partial charge is 0.261 e. The molecule has 1 amide bonds. The Balaban J connectivity index is 1.68. The molecule has 1 atom stereocenters. The normalized spacial score (nSPS) is 17.0. The molecule has 1 aliphatic rings. The van der Waals surface area contributed by atoms with E-state index in [2.05, 4.69) is 26.0 Å². The molecule has 0 spiro atoms. The lowest BCUT2D eigenvalue weighted by Gasteiger charge is -2.12. The summed E-state index contributed by atoms with van der Waals surface area (Å²) in [6.45, 7) is 1.18. The Morgan fingerprint density at radius 2 is 1.96 bits per heavy atom. The third-order valence-electron chi connectivity index (χ3n) is 4.02. The number of carbonyl (C=O) groups excluding carboxylic acids is 1. The molecule has 2 aromatic rings. The lowest BCUT2D eigenvalue weighted by atomic mass is 10.2. The molecule has 0 bridgehead atoms. The highest BCUT2D eigenvalue weighted by Gasteiger charge is 2.18. The number of amides is 1. The average Bonchev–Trinajstić information content (AvgIpc) is 3.13. The van der Waals surface area contributed by atoms with E-state index in [1.807, 2.05) is 0 Å². The Hall–Kier alpha value is -1.90. The fourth-order valence-corrected chi connectivity index (χ4v) is 3.98. The van der Waals surface area contributed by atoms with E-state index >= 15 is 0 Å². The summed E-state index contributed by atoms with van der Waals surface area (Å²) in [7, 11) is -3.72. The van der Waals surface area contributed by atoms with Gasteiger partial charge in [0.25, 0.3) is 15.9 Å². The molecule has 1 fully saturated rings. The van der Waals surface area contributed by atoms with E-state index in [4.69, 9.17) is 4.74 Å². The van der Waals surface area contributed by atoms with Crippen molar-refractivity contribution in [3.05, 3.63) is 58.6 Å². The van der Waals surface area contributed by atoms with Crippen LogP contribution in [-0.4, -0.2) is 33.6 Å². The molecule has 1 aliphatic heterocycles. The Labute approximate surface area is 161 Å². The number of hydrogen-bond acceptors (Lipinski definition) is 4. The first-order valence-corrected chi connectivity index (χ1v) is 10.5. The Kier molecular flexibility index (Phi) is 5.95. The molecule has 0 aliphatic carbocycles. The van der Waals surface area contributed by atoms with Gasteiger partial charge in [-0.3, -0.25) is 9.52 Å². The quantitative estimate of drug-likeness (QED) is 0.725. The van der Waals surface area contributed by atoms with Crippen molar-refractivity contribution >= 4 is 37.5 Å². The van der Waals surface area contributed by atoms with Crippen LogP contribution in [0.25, 0.3) is 0 Å². The van der Waals surface area contributed by atoms with Crippen LogP contribution in [0, 0.1) is 0 Å². The van der Waals surface area contributed by atoms with Gasteiger partial charge in [0.15, 0.2) is 0 Å². The van der Waals surface area contributed by atoms with Gasteiger partial charge in [0.05, 0.1) is 11.0 Å². The summed E-state index contributed by atoms with van der Waals surface area (Å²) in [6.07, 6.45) is 2.00. The van der Waals surface area contributed by atoms with Crippen molar-refractivity contribution < 1.29 is 17.9 Å². The number of ether oxygens (including phenoxy) is 1. The Morgan fingerprint density at radius 3 is 2.65 bits per heavy atom. The summed E-state index contributed by atoms with van der Waals surface area (Å²) in [5, 5.41) is 2.82. The molecular formula is C18H19BrN2O4S. The van der Waals surface area contributed by atoms with E-state index in [9.17, 15) is 13.2 Å². The van der Waals surface area contributed by atoms with Crippen molar-refractivity contribution in [3.8, 4) is 0 Å². The van der Waals surface area contributed by atoms with Gasteiger partial charge in [0, 0.05) is 28.9 Å². The number of halogens is 1. The van der Waals surface area contributed by atoms with Gasteiger partial charge >= 0.3 is 0 Å². The first-order valence-electron chi connectivity index (χ1n) is 8.22. The lowest BCUT2D eigenvalue weighted by Crippen LogP contribution is -2.31. The molecule has 138 valence electrons.